The SMILES string of the molecule is CCCCCCl.O=C(O)CNc1ccccc1. The summed E-state index contributed by atoms with van der Waals surface area (Å²) < 4.78 is 0. The van der Waals surface area contributed by atoms with Gasteiger partial charge in [0.2, 0.25) is 0 Å². The van der Waals surface area contributed by atoms with Crippen molar-refractivity contribution in [1.29, 1.82) is 0 Å². The molecule has 96 valence electrons. The highest BCUT2D eigenvalue weighted by molar-refractivity contribution is 6.17. The van der Waals surface area contributed by atoms with Crippen molar-refractivity contribution in [2.75, 3.05) is 17.7 Å². The van der Waals surface area contributed by atoms with Gasteiger partial charge in [0.15, 0.2) is 0 Å². The average Bonchev–Trinajstić information content (AvgIpc) is 2.36. The van der Waals surface area contributed by atoms with Gasteiger partial charge in [0, 0.05) is 11.6 Å². The van der Waals surface area contributed by atoms with Gasteiger partial charge in [0.1, 0.15) is 6.54 Å². The summed E-state index contributed by atoms with van der Waals surface area (Å²) in [7, 11) is 0. The molecule has 2 N–H and O–H groups in total. The number of alkyl halides is 1. The molecule has 1 aromatic rings. The predicted molar refractivity (Wildman–Crippen MR) is 72.8 cm³/mol. The summed E-state index contributed by atoms with van der Waals surface area (Å²) in [6.07, 6.45) is 3.73. The molecule has 0 aromatic heterocycles. The number of hydrogen-bond donors (Lipinski definition) is 2. The van der Waals surface area contributed by atoms with Crippen LogP contribution in [0.1, 0.15) is 26.2 Å². The first kappa shape index (κ1) is 15.8. The van der Waals surface area contributed by atoms with Crippen LogP contribution in [0.3, 0.4) is 0 Å². The number of aliphatic carboxylic acids is 1. The van der Waals surface area contributed by atoms with Gasteiger partial charge in [-0.2, -0.15) is 0 Å². The van der Waals surface area contributed by atoms with E-state index < -0.39 is 5.97 Å². The van der Waals surface area contributed by atoms with Crippen LogP contribution in [0.4, 0.5) is 5.69 Å². The molecule has 1 rings (SSSR count). The zero-order chi connectivity index (χ0) is 12.9. The molecule has 1 aromatic carbocycles. The molecular weight excluding hydrogens is 238 g/mol. The molecule has 0 spiro atoms. The third-order valence-electron chi connectivity index (χ3n) is 1.95. The van der Waals surface area contributed by atoms with Crippen LogP contribution in [0, 0.1) is 0 Å². The molecule has 0 bridgehead atoms. The molecule has 0 atom stereocenters. The highest BCUT2D eigenvalue weighted by atomic mass is 35.5. The molecule has 0 radical (unpaired) electrons. The molecule has 0 heterocycles. The smallest absolute Gasteiger partial charge is 0.322 e. The van der Waals surface area contributed by atoms with Crippen molar-refractivity contribution in [3.05, 3.63) is 30.3 Å². The summed E-state index contributed by atoms with van der Waals surface area (Å²) in [6, 6.07) is 9.23. The van der Waals surface area contributed by atoms with Crippen molar-refractivity contribution in [1.82, 2.24) is 0 Å². The Morgan fingerprint density at radius 2 is 1.94 bits per heavy atom. The lowest BCUT2D eigenvalue weighted by atomic mass is 10.3. The number of carboxylic acid groups (broad SMARTS) is 1. The molecule has 3 nitrogen and oxygen atoms in total. The molecular formula is C13H20ClNO2. The average molecular weight is 258 g/mol. The highest BCUT2D eigenvalue weighted by Crippen LogP contribution is 2.03. The number of carbonyl (C=O) groups is 1. The Bertz CT molecular complexity index is 287. The Balaban J connectivity index is 0.000000366. The number of nitrogens with one attached hydrogen (secondary N) is 1. The first-order chi connectivity index (χ1) is 8.20. The summed E-state index contributed by atoms with van der Waals surface area (Å²) in [5, 5.41) is 11.1. The van der Waals surface area contributed by atoms with Gasteiger partial charge >= 0.3 is 5.97 Å². The second kappa shape index (κ2) is 11.3. The summed E-state index contributed by atoms with van der Waals surface area (Å²) in [5.41, 5.74) is 0.829. The Labute approximate surface area is 108 Å². The van der Waals surface area contributed by atoms with E-state index in [1.54, 1.807) is 0 Å². The second-order valence-electron chi connectivity index (χ2n) is 3.51. The number of anilines is 1. The minimum Gasteiger partial charge on any atom is -0.480 e. The molecule has 17 heavy (non-hydrogen) atoms. The van der Waals surface area contributed by atoms with Gasteiger partial charge in [0.25, 0.3) is 0 Å². The minimum atomic E-state index is -0.853. The number of para-hydroxylation sites is 1. The maximum atomic E-state index is 10.1. The molecule has 0 amide bonds. The molecule has 0 saturated heterocycles. The zero-order valence-electron chi connectivity index (χ0n) is 10.2. The van der Waals surface area contributed by atoms with Crippen LogP contribution in [-0.2, 0) is 4.79 Å². The number of rotatable bonds is 6. The van der Waals surface area contributed by atoms with E-state index in [4.69, 9.17) is 16.7 Å². The largest absolute Gasteiger partial charge is 0.480 e. The van der Waals surface area contributed by atoms with Crippen LogP contribution in [0.5, 0.6) is 0 Å². The van der Waals surface area contributed by atoms with Gasteiger partial charge in [-0.15, -0.1) is 11.6 Å². The Kier molecular flexibility index (Phi) is 10.5. The number of hydrogen-bond acceptors (Lipinski definition) is 2. The second-order valence-corrected chi connectivity index (χ2v) is 3.89. The van der Waals surface area contributed by atoms with Gasteiger partial charge < -0.3 is 10.4 Å². The van der Waals surface area contributed by atoms with E-state index in [-0.39, 0.29) is 6.54 Å². The van der Waals surface area contributed by atoms with Crippen molar-refractivity contribution in [3.63, 3.8) is 0 Å². The topological polar surface area (TPSA) is 49.3 Å². The summed E-state index contributed by atoms with van der Waals surface area (Å²) in [6.45, 7) is 2.14. The summed E-state index contributed by atoms with van der Waals surface area (Å²) >= 11 is 5.38. The van der Waals surface area contributed by atoms with Gasteiger partial charge in [-0.3, -0.25) is 4.79 Å². The van der Waals surface area contributed by atoms with E-state index in [0.717, 1.165) is 11.6 Å². The third-order valence-corrected chi connectivity index (χ3v) is 2.22. The Morgan fingerprint density at radius 3 is 2.35 bits per heavy atom. The first-order valence-electron chi connectivity index (χ1n) is 5.77. The van der Waals surface area contributed by atoms with Crippen molar-refractivity contribution < 1.29 is 9.90 Å². The van der Waals surface area contributed by atoms with E-state index in [0.29, 0.717) is 0 Å². The van der Waals surface area contributed by atoms with E-state index in [1.807, 2.05) is 30.3 Å². The van der Waals surface area contributed by atoms with Crippen LogP contribution >= 0.6 is 11.6 Å². The fourth-order valence-electron chi connectivity index (χ4n) is 1.08. The standard InChI is InChI=1S/C8H9NO2.C5H11Cl/c10-8(11)6-9-7-4-2-1-3-5-7;1-2-3-4-5-6/h1-5,9H,6H2,(H,10,11);2-5H2,1H3. The molecule has 0 aliphatic carbocycles. The fourth-order valence-corrected chi connectivity index (χ4v) is 1.27. The van der Waals surface area contributed by atoms with Crippen LogP contribution < -0.4 is 5.32 Å². The Morgan fingerprint density at radius 1 is 1.29 bits per heavy atom. The van der Waals surface area contributed by atoms with E-state index in [2.05, 4.69) is 12.2 Å². The predicted octanol–water partition coefficient (Wildman–Crippen LogP) is 3.60. The zero-order valence-corrected chi connectivity index (χ0v) is 10.9. The maximum absolute atomic E-state index is 10.1. The number of benzene rings is 1. The van der Waals surface area contributed by atoms with Crippen molar-refractivity contribution >= 4 is 23.3 Å². The molecule has 4 heteroatoms. The van der Waals surface area contributed by atoms with E-state index in [9.17, 15) is 4.79 Å². The van der Waals surface area contributed by atoms with Crippen LogP contribution in [-0.4, -0.2) is 23.5 Å². The fraction of sp³-hybridized carbons (Fsp3) is 0.462. The maximum Gasteiger partial charge on any atom is 0.322 e. The van der Waals surface area contributed by atoms with Crippen molar-refractivity contribution in [2.45, 2.75) is 26.2 Å². The van der Waals surface area contributed by atoms with Crippen molar-refractivity contribution in [3.8, 4) is 0 Å². The number of unbranched alkanes of at least 4 members (excludes halogenated alkanes) is 2. The lowest BCUT2D eigenvalue weighted by Gasteiger charge is -2.00. The Hall–Kier alpha value is -1.22. The summed E-state index contributed by atoms with van der Waals surface area (Å²) in [5.74, 6) is -0.0257. The van der Waals surface area contributed by atoms with Gasteiger partial charge in [-0.25, -0.2) is 0 Å². The highest BCUT2D eigenvalue weighted by Gasteiger charge is 1.94. The van der Waals surface area contributed by atoms with Gasteiger partial charge in [0.05, 0.1) is 0 Å². The number of carboxylic acids is 1. The van der Waals surface area contributed by atoms with Crippen LogP contribution in [0.25, 0.3) is 0 Å². The summed E-state index contributed by atoms with van der Waals surface area (Å²) in [4.78, 5) is 10.1. The lowest BCUT2D eigenvalue weighted by Crippen LogP contribution is -2.11. The van der Waals surface area contributed by atoms with E-state index >= 15 is 0 Å². The number of halogens is 1. The molecule has 0 fully saturated rings. The monoisotopic (exact) mass is 257 g/mol. The van der Waals surface area contributed by atoms with Crippen molar-refractivity contribution in [2.24, 2.45) is 0 Å². The molecule has 0 saturated carbocycles. The third kappa shape index (κ3) is 11.1. The van der Waals surface area contributed by atoms with E-state index in [1.165, 1.54) is 19.3 Å². The lowest BCUT2D eigenvalue weighted by molar-refractivity contribution is -0.134. The molecule has 0 aliphatic heterocycles. The minimum absolute atomic E-state index is 0.0377. The quantitative estimate of drug-likeness (QED) is 0.605. The normalized spacial score (nSPS) is 9.06. The van der Waals surface area contributed by atoms with Gasteiger partial charge in [-0.05, 0) is 18.6 Å². The van der Waals surface area contributed by atoms with Crippen LogP contribution in [0.15, 0.2) is 30.3 Å². The van der Waals surface area contributed by atoms with Gasteiger partial charge in [-0.1, -0.05) is 38.0 Å². The molecule has 0 aliphatic rings. The van der Waals surface area contributed by atoms with Crippen LogP contribution in [0.2, 0.25) is 0 Å². The first-order valence-corrected chi connectivity index (χ1v) is 6.30. The molecule has 0 unspecified atom stereocenters.